The molecule has 0 aliphatic carbocycles. The van der Waals surface area contributed by atoms with Crippen LogP contribution < -0.4 is 10.1 Å². The van der Waals surface area contributed by atoms with Gasteiger partial charge in [-0.2, -0.15) is 0 Å². The molecule has 2 aromatic carbocycles. The van der Waals surface area contributed by atoms with Gasteiger partial charge in [0, 0.05) is 0 Å². The quantitative estimate of drug-likeness (QED) is 0.900. The van der Waals surface area contributed by atoms with E-state index < -0.39 is 0 Å². The molecule has 0 bridgehead atoms. The molecule has 2 aromatic rings. The van der Waals surface area contributed by atoms with Gasteiger partial charge in [-0.15, -0.1) is 0 Å². The van der Waals surface area contributed by atoms with Crippen LogP contribution in [-0.2, 0) is 0 Å². The van der Waals surface area contributed by atoms with Gasteiger partial charge in [0.15, 0.2) is 5.75 Å². The van der Waals surface area contributed by atoms with Gasteiger partial charge >= 0.3 is 0 Å². The van der Waals surface area contributed by atoms with Crippen molar-refractivity contribution in [2.45, 2.75) is 13.0 Å². The zero-order chi connectivity index (χ0) is 15.4. The zero-order valence-electron chi connectivity index (χ0n) is 11.7. The Morgan fingerprint density at radius 3 is 2.33 bits per heavy atom. The van der Waals surface area contributed by atoms with E-state index in [9.17, 15) is 4.79 Å². The fourth-order valence-corrected chi connectivity index (χ4v) is 2.51. The van der Waals surface area contributed by atoms with Gasteiger partial charge in [-0.05, 0) is 24.6 Å². The van der Waals surface area contributed by atoms with Crippen molar-refractivity contribution >= 4 is 29.1 Å². The number of halogens is 2. The average molecular weight is 324 g/mol. The van der Waals surface area contributed by atoms with Crippen molar-refractivity contribution in [3.8, 4) is 5.75 Å². The molecule has 0 heterocycles. The van der Waals surface area contributed by atoms with Crippen molar-refractivity contribution < 1.29 is 9.53 Å². The Hall–Kier alpha value is -1.71. The number of carbonyl (C=O) groups excluding carboxylic acids is 1. The third-order valence-electron chi connectivity index (χ3n) is 3.14. The van der Waals surface area contributed by atoms with Crippen LogP contribution in [0, 0.1) is 0 Å². The smallest absolute Gasteiger partial charge is 0.257 e. The van der Waals surface area contributed by atoms with Gasteiger partial charge in [-0.25, -0.2) is 0 Å². The molecule has 0 radical (unpaired) electrons. The van der Waals surface area contributed by atoms with Crippen molar-refractivity contribution in [3.05, 3.63) is 63.6 Å². The maximum Gasteiger partial charge on any atom is 0.257 e. The molecule has 21 heavy (non-hydrogen) atoms. The summed E-state index contributed by atoms with van der Waals surface area (Å²) in [5.74, 6) is -0.0439. The first-order valence-corrected chi connectivity index (χ1v) is 7.18. The third-order valence-corrected chi connectivity index (χ3v) is 3.75. The predicted molar refractivity (Wildman–Crippen MR) is 85.3 cm³/mol. The largest absolute Gasteiger partial charge is 0.494 e. The number of nitrogens with one attached hydrogen (secondary N) is 1. The lowest BCUT2D eigenvalue weighted by Crippen LogP contribution is -2.27. The van der Waals surface area contributed by atoms with Gasteiger partial charge in [-0.1, -0.05) is 53.5 Å². The topological polar surface area (TPSA) is 38.3 Å². The first-order valence-electron chi connectivity index (χ1n) is 6.42. The minimum Gasteiger partial charge on any atom is -0.494 e. The van der Waals surface area contributed by atoms with Crippen LogP contribution in [0.4, 0.5) is 0 Å². The van der Waals surface area contributed by atoms with Gasteiger partial charge in [0.05, 0.1) is 23.2 Å². The van der Waals surface area contributed by atoms with Gasteiger partial charge in [0.1, 0.15) is 5.56 Å². The fourth-order valence-electron chi connectivity index (χ4n) is 2.04. The molecule has 2 rings (SSSR count). The average Bonchev–Trinajstić information content (AvgIpc) is 2.49. The van der Waals surface area contributed by atoms with Gasteiger partial charge in [0.2, 0.25) is 0 Å². The number of amides is 1. The predicted octanol–water partition coefficient (Wildman–Crippen LogP) is 4.49. The van der Waals surface area contributed by atoms with Gasteiger partial charge in [0.25, 0.3) is 5.91 Å². The summed E-state index contributed by atoms with van der Waals surface area (Å²) in [7, 11) is 1.45. The van der Waals surface area contributed by atoms with Crippen LogP contribution in [0.15, 0.2) is 42.5 Å². The van der Waals surface area contributed by atoms with Crippen LogP contribution >= 0.6 is 23.2 Å². The minimum atomic E-state index is -0.323. The van der Waals surface area contributed by atoms with Crippen molar-refractivity contribution in [1.82, 2.24) is 5.32 Å². The third kappa shape index (κ3) is 3.49. The second-order valence-electron chi connectivity index (χ2n) is 4.54. The molecule has 0 aliphatic rings. The Morgan fingerprint density at radius 2 is 1.71 bits per heavy atom. The molecule has 1 amide bonds. The molecule has 1 unspecified atom stereocenters. The van der Waals surface area contributed by atoms with Crippen LogP contribution in [0.25, 0.3) is 0 Å². The number of methoxy groups -OCH3 is 1. The van der Waals surface area contributed by atoms with Crippen LogP contribution in [0.3, 0.4) is 0 Å². The Morgan fingerprint density at radius 1 is 1.10 bits per heavy atom. The van der Waals surface area contributed by atoms with Crippen molar-refractivity contribution in [2.24, 2.45) is 0 Å². The molecule has 1 N–H and O–H groups in total. The van der Waals surface area contributed by atoms with Crippen molar-refractivity contribution in [2.75, 3.05) is 7.11 Å². The second-order valence-corrected chi connectivity index (χ2v) is 5.36. The lowest BCUT2D eigenvalue weighted by Gasteiger charge is -2.17. The summed E-state index contributed by atoms with van der Waals surface area (Å²) >= 11 is 12.1. The number of hydrogen-bond donors (Lipinski definition) is 1. The lowest BCUT2D eigenvalue weighted by molar-refractivity contribution is 0.0937. The van der Waals surface area contributed by atoms with E-state index in [4.69, 9.17) is 27.9 Å². The molecule has 0 fully saturated rings. The number of ether oxygens (including phenoxy) is 1. The fraction of sp³-hybridized carbons (Fsp3) is 0.188. The number of rotatable bonds is 4. The summed E-state index contributed by atoms with van der Waals surface area (Å²) in [4.78, 5) is 12.4. The minimum absolute atomic E-state index is 0.154. The van der Waals surface area contributed by atoms with E-state index in [0.717, 1.165) is 5.56 Å². The lowest BCUT2D eigenvalue weighted by atomic mass is 10.1. The summed E-state index contributed by atoms with van der Waals surface area (Å²) in [5.41, 5.74) is 1.25. The van der Waals surface area contributed by atoms with E-state index in [1.54, 1.807) is 12.1 Å². The molecular formula is C16H15Cl2NO2. The first kappa shape index (κ1) is 15.7. The first-order chi connectivity index (χ1) is 10.0. The maximum atomic E-state index is 12.4. The number of hydrogen-bond acceptors (Lipinski definition) is 2. The standard InChI is InChI=1S/C16H15Cl2NO2/c1-10(11-6-4-3-5-7-11)19-16(20)14-12(17)8-9-13(18)15(14)21-2/h3-10H,1-2H3,(H,19,20). The maximum absolute atomic E-state index is 12.4. The van der Waals surface area contributed by atoms with Crippen LogP contribution in [0.5, 0.6) is 5.75 Å². The summed E-state index contributed by atoms with van der Waals surface area (Å²) in [6.07, 6.45) is 0. The SMILES string of the molecule is COc1c(Cl)ccc(Cl)c1C(=O)NC(C)c1ccccc1. The summed E-state index contributed by atoms with van der Waals surface area (Å²) in [5, 5.41) is 3.54. The molecule has 5 heteroatoms. The summed E-state index contributed by atoms with van der Waals surface area (Å²) in [6.45, 7) is 1.90. The van der Waals surface area contributed by atoms with E-state index >= 15 is 0 Å². The molecule has 0 aromatic heterocycles. The number of carbonyl (C=O) groups is 1. The van der Waals surface area contributed by atoms with Crippen molar-refractivity contribution in [3.63, 3.8) is 0 Å². The highest BCUT2D eigenvalue weighted by molar-refractivity contribution is 6.37. The Balaban J connectivity index is 2.27. The molecule has 0 saturated heterocycles. The summed E-state index contributed by atoms with van der Waals surface area (Å²) < 4.78 is 5.19. The van der Waals surface area contributed by atoms with E-state index in [2.05, 4.69) is 5.32 Å². The monoisotopic (exact) mass is 323 g/mol. The summed E-state index contributed by atoms with van der Waals surface area (Å²) in [6, 6.07) is 12.7. The molecule has 1 atom stereocenters. The number of benzene rings is 2. The van der Waals surface area contributed by atoms with E-state index in [-0.39, 0.29) is 23.3 Å². The zero-order valence-corrected chi connectivity index (χ0v) is 13.2. The van der Waals surface area contributed by atoms with Gasteiger partial charge < -0.3 is 10.1 Å². The highest BCUT2D eigenvalue weighted by atomic mass is 35.5. The highest BCUT2D eigenvalue weighted by Gasteiger charge is 2.21. The molecule has 0 aliphatic heterocycles. The molecule has 0 saturated carbocycles. The van der Waals surface area contributed by atoms with Gasteiger partial charge in [-0.3, -0.25) is 4.79 Å². The molecule has 3 nitrogen and oxygen atoms in total. The molecule has 0 spiro atoms. The second kappa shape index (κ2) is 6.83. The normalized spacial score (nSPS) is 11.8. The Labute approximate surface area is 133 Å². The molecular weight excluding hydrogens is 309 g/mol. The Bertz CT molecular complexity index is 644. The molecule has 110 valence electrons. The van der Waals surface area contributed by atoms with Crippen LogP contribution in [0.1, 0.15) is 28.9 Å². The Kier molecular flexibility index (Phi) is 5.10. The highest BCUT2D eigenvalue weighted by Crippen LogP contribution is 2.34. The van der Waals surface area contributed by atoms with Crippen LogP contribution in [0.2, 0.25) is 10.0 Å². The van der Waals surface area contributed by atoms with E-state index in [1.165, 1.54) is 7.11 Å². The van der Waals surface area contributed by atoms with Crippen molar-refractivity contribution in [1.29, 1.82) is 0 Å². The van der Waals surface area contributed by atoms with E-state index in [1.807, 2.05) is 37.3 Å². The van der Waals surface area contributed by atoms with Crippen LogP contribution in [-0.4, -0.2) is 13.0 Å². The van der Waals surface area contributed by atoms with E-state index in [0.29, 0.717) is 10.0 Å².